The molecule has 0 aromatic carbocycles. The van der Waals surface area contributed by atoms with E-state index in [2.05, 4.69) is 12.2 Å². The van der Waals surface area contributed by atoms with Crippen LogP contribution in [0.15, 0.2) is 0 Å². The molecule has 1 saturated heterocycles. The molecule has 3 atom stereocenters. The van der Waals surface area contributed by atoms with E-state index in [1.807, 2.05) is 18.7 Å². The molecule has 0 radical (unpaired) electrons. The lowest BCUT2D eigenvalue weighted by atomic mass is 10.2. The predicted octanol–water partition coefficient (Wildman–Crippen LogP) is 0.851. The van der Waals surface area contributed by atoms with E-state index in [1.54, 1.807) is 0 Å². The molecule has 1 rings (SSSR count). The Bertz CT molecular complexity index is 121. The van der Waals surface area contributed by atoms with Crippen molar-refractivity contribution in [3.05, 3.63) is 0 Å². The zero-order valence-electron chi connectivity index (χ0n) is 7.21. The first-order chi connectivity index (χ1) is 5.22. The van der Waals surface area contributed by atoms with E-state index in [1.165, 1.54) is 12.2 Å². The summed E-state index contributed by atoms with van der Waals surface area (Å²) in [5.41, 5.74) is 0. The fourth-order valence-corrected chi connectivity index (χ4v) is 2.55. The van der Waals surface area contributed by atoms with Gasteiger partial charge < -0.3 is 10.4 Å². The summed E-state index contributed by atoms with van der Waals surface area (Å²) >= 11 is 2.01. The van der Waals surface area contributed by atoms with Crippen molar-refractivity contribution in [3.63, 3.8) is 0 Å². The van der Waals surface area contributed by atoms with Gasteiger partial charge in [-0.05, 0) is 13.3 Å². The summed E-state index contributed by atoms with van der Waals surface area (Å²) in [6.45, 7) is 4.53. The summed E-state index contributed by atoms with van der Waals surface area (Å²) in [6, 6.07) is 0.878. The minimum Gasteiger partial charge on any atom is -0.395 e. The number of thioether (sulfide) groups is 1. The molecule has 0 amide bonds. The van der Waals surface area contributed by atoms with Crippen LogP contribution in [0.5, 0.6) is 0 Å². The Hall–Kier alpha value is 0.270. The number of rotatable bonds is 3. The van der Waals surface area contributed by atoms with Crippen LogP contribution in [-0.2, 0) is 0 Å². The first kappa shape index (κ1) is 9.36. The zero-order valence-corrected chi connectivity index (χ0v) is 8.03. The van der Waals surface area contributed by atoms with E-state index < -0.39 is 0 Å². The van der Waals surface area contributed by atoms with Crippen molar-refractivity contribution in [3.8, 4) is 0 Å². The average molecular weight is 175 g/mol. The maximum atomic E-state index is 8.79. The van der Waals surface area contributed by atoms with Crippen LogP contribution in [0, 0.1) is 0 Å². The van der Waals surface area contributed by atoms with Crippen LogP contribution in [0.1, 0.15) is 20.3 Å². The summed E-state index contributed by atoms with van der Waals surface area (Å²) in [5, 5.41) is 13.0. The second kappa shape index (κ2) is 4.33. The Labute approximate surface area is 72.8 Å². The molecule has 1 heterocycles. The molecule has 0 saturated carbocycles. The number of hydrogen-bond acceptors (Lipinski definition) is 3. The number of aliphatic hydroxyl groups is 1. The lowest BCUT2D eigenvalue weighted by Crippen LogP contribution is -2.38. The SMILES string of the molecule is CC1CC(N[C@H](C)CO)CS1. The third-order valence-corrected chi connectivity index (χ3v) is 3.35. The number of hydrogen-bond donors (Lipinski definition) is 2. The van der Waals surface area contributed by atoms with Crippen LogP contribution in [0.4, 0.5) is 0 Å². The molecule has 2 unspecified atom stereocenters. The van der Waals surface area contributed by atoms with E-state index in [-0.39, 0.29) is 12.6 Å². The highest BCUT2D eigenvalue weighted by Gasteiger charge is 2.22. The molecule has 1 aliphatic heterocycles. The highest BCUT2D eigenvalue weighted by molar-refractivity contribution is 8.00. The molecule has 66 valence electrons. The maximum absolute atomic E-state index is 8.79. The van der Waals surface area contributed by atoms with Crippen LogP contribution >= 0.6 is 11.8 Å². The van der Waals surface area contributed by atoms with Gasteiger partial charge in [-0.25, -0.2) is 0 Å². The molecule has 0 aromatic rings. The maximum Gasteiger partial charge on any atom is 0.0582 e. The molecule has 11 heavy (non-hydrogen) atoms. The summed E-state index contributed by atoms with van der Waals surface area (Å²) in [7, 11) is 0. The van der Waals surface area contributed by atoms with Gasteiger partial charge in [-0.2, -0.15) is 11.8 Å². The minimum absolute atomic E-state index is 0.246. The van der Waals surface area contributed by atoms with Crippen LogP contribution in [-0.4, -0.2) is 34.8 Å². The Morgan fingerprint density at radius 2 is 2.45 bits per heavy atom. The smallest absolute Gasteiger partial charge is 0.0582 e. The van der Waals surface area contributed by atoms with Gasteiger partial charge in [-0.3, -0.25) is 0 Å². The molecule has 0 aromatic heterocycles. The van der Waals surface area contributed by atoms with E-state index >= 15 is 0 Å². The van der Waals surface area contributed by atoms with Crippen molar-refractivity contribution < 1.29 is 5.11 Å². The molecule has 2 nitrogen and oxygen atoms in total. The van der Waals surface area contributed by atoms with Gasteiger partial charge in [-0.1, -0.05) is 6.92 Å². The van der Waals surface area contributed by atoms with E-state index in [0.717, 1.165) is 5.25 Å². The Morgan fingerprint density at radius 3 is 2.91 bits per heavy atom. The fraction of sp³-hybridized carbons (Fsp3) is 1.00. The predicted molar refractivity (Wildman–Crippen MR) is 50.0 cm³/mol. The van der Waals surface area contributed by atoms with Crippen LogP contribution < -0.4 is 5.32 Å². The standard InChI is InChI=1S/C8H17NOS/c1-6(4-10)9-8-3-7(2)11-5-8/h6-10H,3-5H2,1-2H3/t6-,7?,8?/m1/s1. The van der Waals surface area contributed by atoms with Crippen molar-refractivity contribution in [2.45, 2.75) is 37.6 Å². The van der Waals surface area contributed by atoms with Gasteiger partial charge in [0.25, 0.3) is 0 Å². The zero-order chi connectivity index (χ0) is 8.27. The van der Waals surface area contributed by atoms with Gasteiger partial charge in [0.15, 0.2) is 0 Å². The molecule has 1 fully saturated rings. The molecular weight excluding hydrogens is 158 g/mol. The van der Waals surface area contributed by atoms with Gasteiger partial charge in [-0.15, -0.1) is 0 Å². The Balaban J connectivity index is 2.17. The van der Waals surface area contributed by atoms with E-state index in [9.17, 15) is 0 Å². The lowest BCUT2D eigenvalue weighted by molar-refractivity contribution is 0.242. The van der Waals surface area contributed by atoms with Crippen molar-refractivity contribution >= 4 is 11.8 Å². The summed E-state index contributed by atoms with van der Waals surface area (Å²) in [6.07, 6.45) is 1.25. The molecule has 2 N–H and O–H groups in total. The quantitative estimate of drug-likeness (QED) is 0.667. The van der Waals surface area contributed by atoms with Crippen LogP contribution in [0.2, 0.25) is 0 Å². The van der Waals surface area contributed by atoms with Gasteiger partial charge in [0.1, 0.15) is 0 Å². The summed E-state index contributed by atoms with van der Waals surface area (Å²) in [5.74, 6) is 1.20. The first-order valence-corrected chi connectivity index (χ1v) is 5.25. The monoisotopic (exact) mass is 175 g/mol. The van der Waals surface area contributed by atoms with Crippen LogP contribution in [0.25, 0.3) is 0 Å². The summed E-state index contributed by atoms with van der Waals surface area (Å²) in [4.78, 5) is 0. The molecule has 0 bridgehead atoms. The normalized spacial score (nSPS) is 34.1. The largest absolute Gasteiger partial charge is 0.395 e. The van der Waals surface area contributed by atoms with Crippen LogP contribution in [0.3, 0.4) is 0 Å². The van der Waals surface area contributed by atoms with Gasteiger partial charge in [0.05, 0.1) is 6.61 Å². The Kier molecular flexibility index (Phi) is 3.69. The summed E-state index contributed by atoms with van der Waals surface area (Å²) < 4.78 is 0. The molecule has 1 aliphatic rings. The van der Waals surface area contributed by atoms with Gasteiger partial charge in [0, 0.05) is 23.1 Å². The topological polar surface area (TPSA) is 32.3 Å². The number of nitrogens with one attached hydrogen (secondary N) is 1. The lowest BCUT2D eigenvalue weighted by Gasteiger charge is -2.16. The van der Waals surface area contributed by atoms with Crippen molar-refractivity contribution in [2.24, 2.45) is 0 Å². The highest BCUT2D eigenvalue weighted by atomic mass is 32.2. The van der Waals surface area contributed by atoms with Gasteiger partial charge >= 0.3 is 0 Å². The minimum atomic E-state index is 0.246. The fourth-order valence-electron chi connectivity index (χ4n) is 1.39. The third kappa shape index (κ3) is 3.01. The Morgan fingerprint density at radius 1 is 1.73 bits per heavy atom. The molecule has 0 spiro atoms. The van der Waals surface area contributed by atoms with E-state index in [0.29, 0.717) is 6.04 Å². The number of aliphatic hydroxyl groups excluding tert-OH is 1. The van der Waals surface area contributed by atoms with Crippen molar-refractivity contribution in [1.29, 1.82) is 0 Å². The second-order valence-corrected chi connectivity index (χ2v) is 4.80. The van der Waals surface area contributed by atoms with Crippen molar-refractivity contribution in [1.82, 2.24) is 5.32 Å². The third-order valence-electron chi connectivity index (χ3n) is 1.99. The average Bonchev–Trinajstić information content (AvgIpc) is 2.35. The first-order valence-electron chi connectivity index (χ1n) is 4.21. The molecular formula is C8H17NOS. The molecule has 3 heteroatoms. The highest BCUT2D eigenvalue weighted by Crippen LogP contribution is 2.25. The second-order valence-electron chi connectivity index (χ2n) is 3.33. The van der Waals surface area contributed by atoms with Gasteiger partial charge in [0.2, 0.25) is 0 Å². The molecule has 0 aliphatic carbocycles. The van der Waals surface area contributed by atoms with E-state index in [4.69, 9.17) is 5.11 Å². The van der Waals surface area contributed by atoms with Crippen molar-refractivity contribution in [2.75, 3.05) is 12.4 Å².